The molecule has 3 N–H and O–H groups in total. The number of halogens is 1. The second-order valence-corrected chi connectivity index (χ2v) is 4.34. The van der Waals surface area contributed by atoms with Crippen LogP contribution >= 0.6 is 0 Å². The second-order valence-electron chi connectivity index (χ2n) is 4.34. The molecule has 1 aliphatic rings. The molecular weight excluding hydrogens is 221 g/mol. The molecule has 1 aromatic rings. The van der Waals surface area contributed by atoms with Gasteiger partial charge in [0.1, 0.15) is 5.82 Å². The van der Waals surface area contributed by atoms with Crippen LogP contribution < -0.4 is 11.1 Å². The molecule has 1 aliphatic heterocycles. The van der Waals surface area contributed by atoms with Crippen LogP contribution in [-0.4, -0.2) is 36.5 Å². The molecule has 1 fully saturated rings. The fourth-order valence-electron chi connectivity index (χ4n) is 1.94. The summed E-state index contributed by atoms with van der Waals surface area (Å²) in [6.45, 7) is 1.96. The summed E-state index contributed by atoms with van der Waals surface area (Å²) in [5.41, 5.74) is 6.37. The lowest BCUT2D eigenvalue weighted by molar-refractivity contribution is -0.117. The van der Waals surface area contributed by atoms with Crippen molar-refractivity contribution >= 4 is 11.6 Å². The maximum Gasteiger partial charge on any atom is 0.238 e. The summed E-state index contributed by atoms with van der Waals surface area (Å²) in [5, 5.41) is 2.72. The predicted molar refractivity (Wildman–Crippen MR) is 64.1 cm³/mol. The molecule has 1 unspecified atom stereocenters. The summed E-state index contributed by atoms with van der Waals surface area (Å²) in [6.07, 6.45) is 0.934. The van der Waals surface area contributed by atoms with Gasteiger partial charge in [0.25, 0.3) is 0 Å². The zero-order chi connectivity index (χ0) is 12.3. The molecule has 4 nitrogen and oxygen atoms in total. The van der Waals surface area contributed by atoms with Crippen molar-refractivity contribution in [3.8, 4) is 0 Å². The molecule has 0 spiro atoms. The Kier molecular flexibility index (Phi) is 3.71. The fourth-order valence-corrected chi connectivity index (χ4v) is 1.94. The van der Waals surface area contributed by atoms with E-state index in [1.165, 1.54) is 12.1 Å². The lowest BCUT2D eigenvalue weighted by atomic mass is 10.3. The van der Waals surface area contributed by atoms with Gasteiger partial charge in [-0.25, -0.2) is 4.39 Å². The normalized spacial score (nSPS) is 20.5. The molecule has 1 atom stereocenters. The lowest BCUT2D eigenvalue weighted by Crippen LogP contribution is -2.33. The topological polar surface area (TPSA) is 58.4 Å². The van der Waals surface area contributed by atoms with Crippen molar-refractivity contribution in [3.63, 3.8) is 0 Å². The van der Waals surface area contributed by atoms with E-state index >= 15 is 0 Å². The SMILES string of the molecule is NC1CCN(CC(=O)Nc2ccc(F)cc2)C1. The first kappa shape index (κ1) is 12.0. The molecule has 0 aliphatic carbocycles. The highest BCUT2D eigenvalue weighted by Gasteiger charge is 2.20. The Morgan fingerprint density at radius 1 is 1.47 bits per heavy atom. The van der Waals surface area contributed by atoms with E-state index in [9.17, 15) is 9.18 Å². The van der Waals surface area contributed by atoms with Crippen LogP contribution in [0.25, 0.3) is 0 Å². The molecule has 2 rings (SSSR count). The second kappa shape index (κ2) is 5.25. The number of nitrogens with zero attached hydrogens (tertiary/aromatic N) is 1. The number of nitrogens with one attached hydrogen (secondary N) is 1. The van der Waals surface area contributed by atoms with E-state index < -0.39 is 0 Å². The monoisotopic (exact) mass is 237 g/mol. The van der Waals surface area contributed by atoms with Crippen LogP contribution in [0.3, 0.4) is 0 Å². The summed E-state index contributed by atoms with van der Waals surface area (Å²) in [6, 6.07) is 5.91. The van der Waals surface area contributed by atoms with Gasteiger partial charge in [-0.05, 0) is 30.7 Å². The standard InChI is InChI=1S/C12H16FN3O/c13-9-1-3-11(4-2-9)15-12(17)8-16-6-5-10(14)7-16/h1-4,10H,5-8,14H2,(H,15,17). The Balaban J connectivity index is 1.83. The van der Waals surface area contributed by atoms with Gasteiger partial charge in [-0.3, -0.25) is 9.69 Å². The fraction of sp³-hybridized carbons (Fsp3) is 0.417. The van der Waals surface area contributed by atoms with Gasteiger partial charge in [0, 0.05) is 24.8 Å². The van der Waals surface area contributed by atoms with Gasteiger partial charge in [-0.1, -0.05) is 0 Å². The van der Waals surface area contributed by atoms with Crippen molar-refractivity contribution in [1.82, 2.24) is 4.90 Å². The number of benzene rings is 1. The number of likely N-dealkylation sites (tertiary alicyclic amines) is 1. The number of carbonyl (C=O) groups excluding carboxylic acids is 1. The van der Waals surface area contributed by atoms with Crippen molar-refractivity contribution < 1.29 is 9.18 Å². The molecule has 0 radical (unpaired) electrons. The maximum absolute atomic E-state index is 12.7. The number of rotatable bonds is 3. The lowest BCUT2D eigenvalue weighted by Gasteiger charge is -2.14. The summed E-state index contributed by atoms with van der Waals surface area (Å²) in [7, 11) is 0. The van der Waals surface area contributed by atoms with Crippen molar-refractivity contribution in [2.24, 2.45) is 5.73 Å². The minimum atomic E-state index is -0.312. The van der Waals surface area contributed by atoms with E-state index in [4.69, 9.17) is 5.73 Å². The molecule has 1 amide bonds. The first-order valence-corrected chi connectivity index (χ1v) is 5.67. The highest BCUT2D eigenvalue weighted by Crippen LogP contribution is 2.10. The Labute approximate surface area is 99.6 Å². The minimum Gasteiger partial charge on any atom is -0.326 e. The summed E-state index contributed by atoms with van der Waals surface area (Å²) in [5.74, 6) is -0.403. The number of amides is 1. The number of nitrogens with two attached hydrogens (primary N) is 1. The van der Waals surface area contributed by atoms with Crippen LogP contribution in [0.15, 0.2) is 24.3 Å². The Morgan fingerprint density at radius 2 is 2.18 bits per heavy atom. The molecule has 0 aromatic heterocycles. The van der Waals surface area contributed by atoms with Gasteiger partial charge >= 0.3 is 0 Å². The Hall–Kier alpha value is -1.46. The number of hydrogen-bond acceptors (Lipinski definition) is 3. The molecule has 1 aromatic carbocycles. The maximum atomic E-state index is 12.7. The number of hydrogen-bond donors (Lipinski definition) is 2. The zero-order valence-corrected chi connectivity index (χ0v) is 9.53. The van der Waals surface area contributed by atoms with E-state index in [0.717, 1.165) is 19.5 Å². The van der Waals surface area contributed by atoms with E-state index in [1.807, 2.05) is 4.90 Å². The summed E-state index contributed by atoms with van der Waals surface area (Å²) < 4.78 is 12.7. The van der Waals surface area contributed by atoms with Crippen LogP contribution in [0.4, 0.5) is 10.1 Å². The number of anilines is 1. The van der Waals surface area contributed by atoms with Crippen molar-refractivity contribution in [2.75, 3.05) is 25.0 Å². The van der Waals surface area contributed by atoms with Crippen molar-refractivity contribution in [2.45, 2.75) is 12.5 Å². The number of carbonyl (C=O) groups is 1. The minimum absolute atomic E-state index is 0.0919. The van der Waals surface area contributed by atoms with E-state index in [-0.39, 0.29) is 17.8 Å². The molecule has 92 valence electrons. The van der Waals surface area contributed by atoms with Gasteiger partial charge in [-0.15, -0.1) is 0 Å². The zero-order valence-electron chi connectivity index (χ0n) is 9.53. The van der Waals surface area contributed by atoms with Crippen LogP contribution in [0.5, 0.6) is 0 Å². The quantitative estimate of drug-likeness (QED) is 0.817. The molecule has 1 saturated heterocycles. The van der Waals surface area contributed by atoms with E-state index in [2.05, 4.69) is 5.32 Å². The average molecular weight is 237 g/mol. The highest BCUT2D eigenvalue weighted by molar-refractivity contribution is 5.92. The third-order valence-electron chi connectivity index (χ3n) is 2.80. The van der Waals surface area contributed by atoms with Gasteiger partial charge < -0.3 is 11.1 Å². The predicted octanol–water partition coefficient (Wildman–Crippen LogP) is 0.797. The van der Waals surface area contributed by atoms with Crippen molar-refractivity contribution in [3.05, 3.63) is 30.1 Å². The van der Waals surface area contributed by atoms with Crippen LogP contribution in [-0.2, 0) is 4.79 Å². The Morgan fingerprint density at radius 3 is 2.76 bits per heavy atom. The van der Waals surface area contributed by atoms with Gasteiger partial charge in [0.2, 0.25) is 5.91 Å². The van der Waals surface area contributed by atoms with Crippen molar-refractivity contribution in [1.29, 1.82) is 0 Å². The molecule has 17 heavy (non-hydrogen) atoms. The smallest absolute Gasteiger partial charge is 0.238 e. The molecule has 0 bridgehead atoms. The Bertz CT molecular complexity index is 393. The van der Waals surface area contributed by atoms with Gasteiger partial charge in [0.15, 0.2) is 0 Å². The van der Waals surface area contributed by atoms with Gasteiger partial charge in [-0.2, -0.15) is 0 Å². The van der Waals surface area contributed by atoms with E-state index in [1.54, 1.807) is 12.1 Å². The largest absolute Gasteiger partial charge is 0.326 e. The van der Waals surface area contributed by atoms with Crippen LogP contribution in [0, 0.1) is 5.82 Å². The molecule has 1 heterocycles. The summed E-state index contributed by atoms with van der Waals surface area (Å²) >= 11 is 0. The molecule has 5 heteroatoms. The van der Waals surface area contributed by atoms with Crippen LogP contribution in [0.1, 0.15) is 6.42 Å². The summed E-state index contributed by atoms with van der Waals surface area (Å²) in [4.78, 5) is 13.7. The van der Waals surface area contributed by atoms with Gasteiger partial charge in [0.05, 0.1) is 6.54 Å². The third kappa shape index (κ3) is 3.51. The highest BCUT2D eigenvalue weighted by atomic mass is 19.1. The van der Waals surface area contributed by atoms with Crippen LogP contribution in [0.2, 0.25) is 0 Å². The first-order valence-electron chi connectivity index (χ1n) is 5.67. The average Bonchev–Trinajstić information content (AvgIpc) is 2.67. The third-order valence-corrected chi connectivity index (χ3v) is 2.80. The molecular formula is C12H16FN3O. The first-order chi connectivity index (χ1) is 8.13. The molecule has 0 saturated carbocycles. The van der Waals surface area contributed by atoms with E-state index in [0.29, 0.717) is 12.2 Å².